The summed E-state index contributed by atoms with van der Waals surface area (Å²) in [5, 5.41) is 23.0. The minimum absolute atomic E-state index is 0.616. The zero-order valence-corrected chi connectivity index (χ0v) is 17.1. The molecule has 4 rings (SSSR count). The van der Waals surface area contributed by atoms with Gasteiger partial charge in [0.2, 0.25) is 5.82 Å². The van der Waals surface area contributed by atoms with Crippen LogP contribution in [0.3, 0.4) is 0 Å². The predicted molar refractivity (Wildman–Crippen MR) is 112 cm³/mol. The fourth-order valence-electron chi connectivity index (χ4n) is 3.92. The van der Waals surface area contributed by atoms with E-state index in [1.807, 2.05) is 12.1 Å². The maximum Gasteiger partial charge on any atom is 0.206 e. The van der Waals surface area contributed by atoms with Gasteiger partial charge in [0.25, 0.3) is 0 Å². The van der Waals surface area contributed by atoms with Gasteiger partial charge in [-0.3, -0.25) is 4.90 Å². The Morgan fingerprint density at radius 3 is 2.76 bits per heavy atom. The lowest BCUT2D eigenvalue weighted by Crippen LogP contribution is -2.31. The summed E-state index contributed by atoms with van der Waals surface area (Å²) in [7, 11) is 0. The summed E-state index contributed by atoms with van der Waals surface area (Å²) >= 11 is 0. The number of hydrogen-bond acceptors (Lipinski definition) is 7. The van der Waals surface area contributed by atoms with Gasteiger partial charge in [0, 0.05) is 50.2 Å². The molecule has 2 aromatic heterocycles. The molecule has 1 fully saturated rings. The first-order chi connectivity index (χ1) is 14.2. The number of tetrazole rings is 1. The first kappa shape index (κ1) is 19.4. The van der Waals surface area contributed by atoms with Gasteiger partial charge in [0.05, 0.1) is 5.69 Å². The Morgan fingerprint density at radius 2 is 2.00 bits per heavy atom. The van der Waals surface area contributed by atoms with Gasteiger partial charge < -0.3 is 4.90 Å². The molecule has 0 amide bonds. The molecule has 1 saturated heterocycles. The average Bonchev–Trinajstić information content (AvgIpc) is 3.15. The van der Waals surface area contributed by atoms with Crippen molar-refractivity contribution in [2.75, 3.05) is 31.1 Å². The van der Waals surface area contributed by atoms with Crippen molar-refractivity contribution in [2.24, 2.45) is 5.92 Å². The molecule has 0 saturated carbocycles. The second-order valence-corrected chi connectivity index (χ2v) is 8.02. The van der Waals surface area contributed by atoms with Gasteiger partial charge in [0.1, 0.15) is 0 Å². The van der Waals surface area contributed by atoms with Crippen molar-refractivity contribution in [2.45, 2.75) is 33.2 Å². The third kappa shape index (κ3) is 4.95. The smallest absolute Gasteiger partial charge is 0.206 e. The summed E-state index contributed by atoms with van der Waals surface area (Å²) in [5.74, 6) is 1.27. The molecule has 0 atom stereocenters. The summed E-state index contributed by atoms with van der Waals surface area (Å²) in [6.07, 6.45) is 3.88. The topological polar surface area (TPSA) is 86.7 Å². The van der Waals surface area contributed by atoms with Gasteiger partial charge in [0.15, 0.2) is 0 Å². The van der Waals surface area contributed by atoms with E-state index in [0.717, 1.165) is 56.8 Å². The number of rotatable bonds is 6. The van der Waals surface area contributed by atoms with Crippen LogP contribution in [0.5, 0.6) is 0 Å². The van der Waals surface area contributed by atoms with Crippen LogP contribution in [-0.4, -0.2) is 61.9 Å². The lowest BCUT2D eigenvalue weighted by molar-refractivity contribution is 0.281. The van der Waals surface area contributed by atoms with Gasteiger partial charge >= 0.3 is 0 Å². The van der Waals surface area contributed by atoms with Crippen LogP contribution in [-0.2, 0) is 13.0 Å². The number of anilines is 1. The lowest BCUT2D eigenvalue weighted by atomic mass is 9.99. The fourth-order valence-corrected chi connectivity index (χ4v) is 3.92. The number of aromatic nitrogens is 6. The van der Waals surface area contributed by atoms with Crippen LogP contribution in [0, 0.1) is 5.92 Å². The molecule has 1 N–H and O–H groups in total. The van der Waals surface area contributed by atoms with Crippen molar-refractivity contribution in [1.82, 2.24) is 35.7 Å². The predicted octanol–water partition coefficient (Wildman–Crippen LogP) is 2.57. The van der Waals surface area contributed by atoms with Crippen molar-refractivity contribution >= 4 is 5.69 Å². The zero-order valence-electron chi connectivity index (χ0n) is 17.1. The number of aromatic amines is 1. The van der Waals surface area contributed by atoms with Crippen molar-refractivity contribution < 1.29 is 0 Å². The number of nitrogens with zero attached hydrogens (tertiary/aromatic N) is 7. The third-order valence-electron chi connectivity index (χ3n) is 5.23. The number of hydrogen-bond donors (Lipinski definition) is 1. The van der Waals surface area contributed by atoms with Crippen LogP contribution in [0.1, 0.15) is 31.5 Å². The van der Waals surface area contributed by atoms with Crippen molar-refractivity contribution in [3.63, 3.8) is 0 Å². The van der Waals surface area contributed by atoms with E-state index in [1.165, 1.54) is 11.3 Å². The molecule has 0 radical (unpaired) electrons. The van der Waals surface area contributed by atoms with Gasteiger partial charge in [-0.05, 0) is 53.8 Å². The quantitative estimate of drug-likeness (QED) is 0.690. The highest BCUT2D eigenvalue weighted by Crippen LogP contribution is 2.31. The van der Waals surface area contributed by atoms with Gasteiger partial charge in [-0.2, -0.15) is 15.4 Å². The molecule has 29 heavy (non-hydrogen) atoms. The molecule has 8 nitrogen and oxygen atoms in total. The second kappa shape index (κ2) is 9.09. The minimum Gasteiger partial charge on any atom is -0.370 e. The molecule has 0 aliphatic carbocycles. The highest BCUT2D eigenvalue weighted by molar-refractivity contribution is 5.75. The highest BCUT2D eigenvalue weighted by atomic mass is 15.5. The second-order valence-electron chi connectivity index (χ2n) is 8.02. The Labute approximate surface area is 171 Å². The van der Waals surface area contributed by atoms with E-state index in [4.69, 9.17) is 0 Å². The number of benzene rings is 1. The van der Waals surface area contributed by atoms with Gasteiger partial charge in [-0.15, -0.1) is 10.2 Å². The molecule has 3 heterocycles. The fraction of sp³-hybridized carbons (Fsp3) is 0.476. The van der Waals surface area contributed by atoms with E-state index >= 15 is 0 Å². The molecule has 1 aliphatic rings. The summed E-state index contributed by atoms with van der Waals surface area (Å²) < 4.78 is 0. The molecule has 0 unspecified atom stereocenters. The minimum atomic E-state index is 0.616. The van der Waals surface area contributed by atoms with Crippen LogP contribution in [0.15, 0.2) is 36.5 Å². The molecule has 1 aromatic carbocycles. The Hall–Kier alpha value is -2.87. The molecular weight excluding hydrogens is 364 g/mol. The largest absolute Gasteiger partial charge is 0.370 e. The van der Waals surface area contributed by atoms with E-state index in [0.29, 0.717) is 11.7 Å². The Bertz CT molecular complexity index is 894. The molecule has 8 heteroatoms. The normalized spacial score (nSPS) is 15.6. The van der Waals surface area contributed by atoms with E-state index in [9.17, 15) is 0 Å². The van der Waals surface area contributed by atoms with Crippen LogP contribution in [0.25, 0.3) is 11.4 Å². The zero-order chi connectivity index (χ0) is 20.1. The van der Waals surface area contributed by atoms with Gasteiger partial charge in [-0.25, -0.2) is 0 Å². The molecule has 0 bridgehead atoms. The van der Waals surface area contributed by atoms with Crippen molar-refractivity contribution in [1.29, 1.82) is 0 Å². The standard InChI is InChI=1S/C21H28N8/c1-16(2)13-17-6-7-19(21-24-26-27-25-21)20(14-17)29-10-4-9-28(11-12-29)15-18-5-3-8-22-23-18/h3,5-8,14,16H,4,9-13,15H2,1-2H3,(H,24,25,26,27). The molecule has 1 aliphatic heterocycles. The van der Waals surface area contributed by atoms with E-state index in [2.05, 4.69) is 72.7 Å². The Kier molecular flexibility index (Phi) is 6.09. The monoisotopic (exact) mass is 392 g/mol. The van der Waals surface area contributed by atoms with E-state index < -0.39 is 0 Å². The lowest BCUT2D eigenvalue weighted by Gasteiger charge is -2.26. The maximum absolute atomic E-state index is 4.24. The van der Waals surface area contributed by atoms with E-state index in [1.54, 1.807) is 6.20 Å². The highest BCUT2D eigenvalue weighted by Gasteiger charge is 2.20. The molecular formula is C21H28N8. The number of H-pyrrole nitrogens is 1. The van der Waals surface area contributed by atoms with Crippen molar-refractivity contribution in [3.05, 3.63) is 47.8 Å². The molecule has 0 spiro atoms. The van der Waals surface area contributed by atoms with Crippen LogP contribution < -0.4 is 4.90 Å². The number of nitrogens with one attached hydrogen (secondary N) is 1. The SMILES string of the molecule is CC(C)Cc1ccc(-c2nn[nH]n2)c(N2CCCN(Cc3cccnn3)CC2)c1. The Balaban J connectivity index is 1.54. The van der Waals surface area contributed by atoms with E-state index in [-0.39, 0.29) is 0 Å². The van der Waals surface area contributed by atoms with Crippen LogP contribution >= 0.6 is 0 Å². The maximum atomic E-state index is 4.24. The molecule has 3 aromatic rings. The summed E-state index contributed by atoms with van der Waals surface area (Å²) in [4.78, 5) is 4.92. The first-order valence-electron chi connectivity index (χ1n) is 10.3. The average molecular weight is 393 g/mol. The van der Waals surface area contributed by atoms with Crippen molar-refractivity contribution in [3.8, 4) is 11.4 Å². The summed E-state index contributed by atoms with van der Waals surface area (Å²) in [6.45, 7) is 9.34. The summed E-state index contributed by atoms with van der Waals surface area (Å²) in [6, 6.07) is 10.6. The Morgan fingerprint density at radius 1 is 1.07 bits per heavy atom. The third-order valence-corrected chi connectivity index (χ3v) is 5.23. The van der Waals surface area contributed by atoms with Crippen LogP contribution in [0.4, 0.5) is 5.69 Å². The molecule has 152 valence electrons. The summed E-state index contributed by atoms with van der Waals surface area (Å²) in [5.41, 5.74) is 4.61. The first-order valence-corrected chi connectivity index (χ1v) is 10.3. The van der Waals surface area contributed by atoms with Crippen LogP contribution in [0.2, 0.25) is 0 Å². The van der Waals surface area contributed by atoms with Gasteiger partial charge in [-0.1, -0.05) is 19.9 Å².